The maximum absolute atomic E-state index is 13.9. The maximum atomic E-state index is 13.9. The molecule has 1 aromatic carbocycles. The van der Waals surface area contributed by atoms with Crippen LogP contribution < -0.4 is 0 Å². The van der Waals surface area contributed by atoms with Crippen LogP contribution in [0, 0.1) is 0 Å². The molecule has 32 heavy (non-hydrogen) atoms. The van der Waals surface area contributed by atoms with E-state index in [1.54, 1.807) is 0 Å². The van der Waals surface area contributed by atoms with E-state index < -0.39 is 12.1 Å². The molecule has 1 fully saturated rings. The largest absolute Gasteiger partial charge is 0.460 e. The third kappa shape index (κ3) is 7.11. The van der Waals surface area contributed by atoms with Crippen molar-refractivity contribution < 1.29 is 13.9 Å². The number of hydrogen-bond acceptors (Lipinski definition) is 4. The van der Waals surface area contributed by atoms with Gasteiger partial charge in [-0.05, 0) is 62.0 Å². The van der Waals surface area contributed by atoms with Crippen molar-refractivity contribution in [1.29, 1.82) is 0 Å². The Kier molecular flexibility index (Phi) is 9.63. The van der Waals surface area contributed by atoms with Crippen LogP contribution in [0.3, 0.4) is 0 Å². The Morgan fingerprint density at radius 3 is 2.28 bits per heavy atom. The predicted molar refractivity (Wildman–Crippen MR) is 126 cm³/mol. The van der Waals surface area contributed by atoms with Crippen LogP contribution in [0.5, 0.6) is 0 Å². The molecule has 0 aliphatic heterocycles. The first-order chi connectivity index (χ1) is 15.6. The molecular formula is C27H37FN2O2. The van der Waals surface area contributed by atoms with Crippen molar-refractivity contribution in [2.24, 2.45) is 0 Å². The number of benzene rings is 1. The molecule has 174 valence electrons. The highest BCUT2D eigenvalue weighted by Crippen LogP contribution is 2.35. The van der Waals surface area contributed by atoms with Gasteiger partial charge in [0.25, 0.3) is 0 Å². The lowest BCUT2D eigenvalue weighted by Gasteiger charge is -2.29. The molecule has 1 aliphatic carbocycles. The number of aromatic nitrogens is 2. The number of carbonyl (C=O) groups is 1. The summed E-state index contributed by atoms with van der Waals surface area (Å²) in [5.74, 6) is 0.528. The number of carbonyl (C=O) groups excluding carboxylic acids is 1. The molecule has 0 saturated heterocycles. The van der Waals surface area contributed by atoms with Crippen LogP contribution in [0.4, 0.5) is 4.39 Å². The lowest BCUT2D eigenvalue weighted by Crippen LogP contribution is -2.28. The molecule has 4 nitrogen and oxygen atoms in total. The summed E-state index contributed by atoms with van der Waals surface area (Å²) < 4.78 is 19.3. The molecule has 3 rings (SSSR count). The Hall–Kier alpha value is -2.30. The second-order valence-electron chi connectivity index (χ2n) is 9.01. The lowest BCUT2D eigenvalue weighted by atomic mass is 9.82. The second kappa shape index (κ2) is 12.7. The van der Waals surface area contributed by atoms with Gasteiger partial charge < -0.3 is 4.74 Å². The monoisotopic (exact) mass is 440 g/mol. The topological polar surface area (TPSA) is 52.1 Å². The van der Waals surface area contributed by atoms with Crippen molar-refractivity contribution in [1.82, 2.24) is 9.97 Å². The number of alkyl halides is 1. The van der Waals surface area contributed by atoms with Gasteiger partial charge in [-0.15, -0.1) is 0 Å². The average Bonchev–Trinajstić information content (AvgIpc) is 2.84. The number of halogens is 1. The summed E-state index contributed by atoms with van der Waals surface area (Å²) in [6.07, 6.45) is 12.3. The number of ether oxygens (including phenoxy) is 1. The first kappa shape index (κ1) is 24.3. The number of hydrogen-bond donors (Lipinski definition) is 0. The summed E-state index contributed by atoms with van der Waals surface area (Å²) in [5.41, 5.74) is 3.51. The highest BCUT2D eigenvalue weighted by molar-refractivity contribution is 5.74. The zero-order chi connectivity index (χ0) is 22.8. The number of nitrogens with zero attached hydrogens (tertiary/aromatic N) is 2. The first-order valence-electron chi connectivity index (χ1n) is 12.4. The zero-order valence-corrected chi connectivity index (χ0v) is 19.6. The van der Waals surface area contributed by atoms with E-state index in [0.29, 0.717) is 12.3 Å². The molecule has 2 aromatic rings. The molecule has 1 aromatic heterocycles. The third-order valence-corrected chi connectivity index (χ3v) is 6.44. The van der Waals surface area contributed by atoms with Gasteiger partial charge in [-0.2, -0.15) is 0 Å². The molecular weight excluding hydrogens is 403 g/mol. The van der Waals surface area contributed by atoms with Gasteiger partial charge in [0.15, 0.2) is 12.0 Å². The molecule has 0 N–H and O–H groups in total. The van der Waals surface area contributed by atoms with E-state index in [2.05, 4.69) is 41.2 Å². The fraction of sp³-hybridized carbons (Fsp3) is 0.593. The molecule has 0 unspecified atom stereocenters. The van der Waals surface area contributed by atoms with Crippen molar-refractivity contribution in [3.05, 3.63) is 47.8 Å². The molecule has 1 aliphatic rings. The van der Waals surface area contributed by atoms with Crippen LogP contribution in [0.15, 0.2) is 36.7 Å². The Balaban J connectivity index is 1.48. The van der Waals surface area contributed by atoms with Crippen LogP contribution in [0.1, 0.15) is 95.1 Å². The lowest BCUT2D eigenvalue weighted by molar-refractivity contribution is -0.157. The second-order valence-corrected chi connectivity index (χ2v) is 9.01. The van der Waals surface area contributed by atoms with Crippen molar-refractivity contribution >= 4 is 5.97 Å². The molecule has 1 atom stereocenters. The Labute approximate surface area is 192 Å². The first-order valence-corrected chi connectivity index (χ1v) is 12.4. The third-order valence-electron chi connectivity index (χ3n) is 6.44. The van der Waals surface area contributed by atoms with Crippen molar-refractivity contribution in [2.75, 3.05) is 0 Å². The van der Waals surface area contributed by atoms with Crippen molar-refractivity contribution in [2.45, 2.75) is 103 Å². The van der Waals surface area contributed by atoms with Crippen LogP contribution in [-0.4, -0.2) is 28.2 Å². The van der Waals surface area contributed by atoms with Crippen molar-refractivity contribution in [3.63, 3.8) is 0 Å². The van der Waals surface area contributed by atoms with Gasteiger partial charge in [-0.3, -0.25) is 0 Å². The van der Waals surface area contributed by atoms with Crippen molar-refractivity contribution in [3.8, 4) is 11.4 Å². The Bertz CT molecular complexity index is 815. The number of rotatable bonds is 11. The van der Waals surface area contributed by atoms with Crippen LogP contribution in [0.25, 0.3) is 11.4 Å². The maximum Gasteiger partial charge on any atom is 0.340 e. The fourth-order valence-electron chi connectivity index (χ4n) is 4.37. The van der Waals surface area contributed by atoms with E-state index in [-0.39, 0.29) is 12.5 Å². The average molecular weight is 441 g/mol. The highest BCUT2D eigenvalue weighted by Gasteiger charge is 2.27. The minimum absolute atomic E-state index is 0.151. The molecule has 0 radical (unpaired) electrons. The van der Waals surface area contributed by atoms with Gasteiger partial charge >= 0.3 is 5.97 Å². The summed E-state index contributed by atoms with van der Waals surface area (Å²) in [6, 6.07) is 8.50. The molecule has 0 bridgehead atoms. The number of unbranched alkanes of at least 4 members (excludes halogenated alkanes) is 3. The molecule has 0 amide bonds. The summed E-state index contributed by atoms with van der Waals surface area (Å²) in [4.78, 5) is 21.0. The van der Waals surface area contributed by atoms with Crippen LogP contribution in [0.2, 0.25) is 0 Å². The molecule has 0 spiro atoms. The minimum atomic E-state index is -1.48. The zero-order valence-electron chi connectivity index (χ0n) is 19.6. The van der Waals surface area contributed by atoms with Crippen LogP contribution >= 0.6 is 0 Å². The SMILES string of the molecule is CCCCCc1cnc(-c2ccc(C3CCC(OC(=O)[C@@H](F)CCCC)CC3)cc2)nc1. The van der Waals surface area contributed by atoms with Gasteiger partial charge in [0.1, 0.15) is 6.10 Å². The van der Waals surface area contributed by atoms with E-state index in [9.17, 15) is 9.18 Å². The van der Waals surface area contributed by atoms with Gasteiger partial charge in [-0.1, -0.05) is 63.8 Å². The molecule has 1 heterocycles. The van der Waals surface area contributed by atoms with E-state index >= 15 is 0 Å². The summed E-state index contributed by atoms with van der Waals surface area (Å²) >= 11 is 0. The number of esters is 1. The van der Waals surface area contributed by atoms with E-state index in [1.165, 1.54) is 30.4 Å². The summed E-state index contributed by atoms with van der Waals surface area (Å²) in [5, 5.41) is 0. The van der Waals surface area contributed by atoms with E-state index in [1.807, 2.05) is 19.3 Å². The standard InChI is InChI=1S/C27H37FN2O2/c1-3-5-7-8-20-18-29-26(30-19-20)23-12-10-21(11-13-23)22-14-16-24(17-15-22)32-27(31)25(28)9-6-4-2/h10-13,18-19,22,24-25H,3-9,14-17H2,1-2H3/t22?,24?,25-/m0/s1. The normalized spacial score (nSPS) is 19.5. The molecule has 1 saturated carbocycles. The minimum Gasteiger partial charge on any atom is -0.460 e. The van der Waals surface area contributed by atoms with Crippen LogP contribution in [-0.2, 0) is 16.0 Å². The Morgan fingerprint density at radius 1 is 1.00 bits per heavy atom. The summed E-state index contributed by atoms with van der Waals surface area (Å²) in [7, 11) is 0. The fourth-order valence-corrected chi connectivity index (χ4v) is 4.37. The van der Waals surface area contributed by atoms with Gasteiger partial charge in [0.05, 0.1) is 0 Å². The van der Waals surface area contributed by atoms with Gasteiger partial charge in [0.2, 0.25) is 0 Å². The number of aryl methyl sites for hydroxylation is 1. The van der Waals surface area contributed by atoms with E-state index in [0.717, 1.165) is 49.9 Å². The van der Waals surface area contributed by atoms with Gasteiger partial charge in [0, 0.05) is 18.0 Å². The van der Waals surface area contributed by atoms with E-state index in [4.69, 9.17) is 4.74 Å². The van der Waals surface area contributed by atoms with Gasteiger partial charge in [-0.25, -0.2) is 19.2 Å². The Morgan fingerprint density at radius 2 is 1.66 bits per heavy atom. The smallest absolute Gasteiger partial charge is 0.340 e. The quantitative estimate of drug-likeness (QED) is 0.279. The predicted octanol–water partition coefficient (Wildman–Crippen LogP) is 6.97. The molecule has 5 heteroatoms. The summed E-state index contributed by atoms with van der Waals surface area (Å²) in [6.45, 7) is 4.20. The highest BCUT2D eigenvalue weighted by atomic mass is 19.1.